The third kappa shape index (κ3) is 4.49. The smallest absolute Gasteiger partial charge is 0.285 e. The molecule has 0 N–H and O–H groups in total. The van der Waals surface area contributed by atoms with Crippen LogP contribution in [-0.4, -0.2) is 25.8 Å². The molecule has 0 spiro atoms. The van der Waals surface area contributed by atoms with E-state index in [1.165, 1.54) is 0 Å². The Morgan fingerprint density at radius 2 is 1.27 bits per heavy atom. The summed E-state index contributed by atoms with van der Waals surface area (Å²) in [5, 5.41) is 0. The number of hydrogen-bond donors (Lipinski definition) is 0. The highest BCUT2D eigenvalue weighted by Gasteiger charge is 2.38. The first-order valence-electron chi connectivity index (χ1n) is 6.08. The van der Waals surface area contributed by atoms with E-state index in [1.54, 1.807) is 0 Å². The van der Waals surface area contributed by atoms with Crippen molar-refractivity contribution in [2.24, 2.45) is 5.92 Å². The van der Waals surface area contributed by atoms with Crippen LogP contribution >= 0.6 is 0 Å². The maximum absolute atomic E-state index is 5.68. The summed E-state index contributed by atoms with van der Waals surface area (Å²) in [5.74, 6) is -0.587. The van der Waals surface area contributed by atoms with Crippen molar-refractivity contribution in [3.05, 3.63) is 0 Å². The van der Waals surface area contributed by atoms with E-state index in [9.17, 15) is 0 Å². The summed E-state index contributed by atoms with van der Waals surface area (Å²) < 4.78 is 17.0. The van der Waals surface area contributed by atoms with Gasteiger partial charge in [-0.05, 0) is 27.2 Å². The average molecular weight is 218 g/mol. The summed E-state index contributed by atoms with van der Waals surface area (Å²) in [6.45, 7) is 12.0. The molecule has 0 radical (unpaired) electrons. The van der Waals surface area contributed by atoms with Gasteiger partial charge in [-0.3, -0.25) is 0 Å². The van der Waals surface area contributed by atoms with E-state index in [0.29, 0.717) is 19.8 Å². The summed E-state index contributed by atoms with van der Waals surface area (Å²) in [4.78, 5) is 0. The summed E-state index contributed by atoms with van der Waals surface area (Å²) >= 11 is 0. The van der Waals surface area contributed by atoms with E-state index < -0.39 is 5.97 Å². The van der Waals surface area contributed by atoms with Gasteiger partial charge in [0.05, 0.1) is 0 Å². The van der Waals surface area contributed by atoms with Crippen molar-refractivity contribution in [3.8, 4) is 0 Å². The highest BCUT2D eigenvalue weighted by atomic mass is 16.9. The van der Waals surface area contributed by atoms with Gasteiger partial charge in [-0.2, -0.15) is 0 Å². The molecule has 0 aromatic heterocycles. The first-order chi connectivity index (χ1) is 7.16. The molecule has 0 rings (SSSR count). The Kier molecular flexibility index (Phi) is 8.02. The van der Waals surface area contributed by atoms with Gasteiger partial charge < -0.3 is 14.2 Å². The topological polar surface area (TPSA) is 27.7 Å². The van der Waals surface area contributed by atoms with Crippen molar-refractivity contribution in [1.29, 1.82) is 0 Å². The molecular formula is C12H26O3. The predicted octanol–water partition coefficient (Wildman–Crippen LogP) is 3.19. The average Bonchev–Trinajstić information content (AvgIpc) is 2.19. The van der Waals surface area contributed by atoms with Gasteiger partial charge in [0, 0.05) is 25.7 Å². The fraction of sp³-hybridized carbons (Fsp3) is 1.00. The van der Waals surface area contributed by atoms with Gasteiger partial charge in [0.2, 0.25) is 0 Å². The molecule has 1 atom stereocenters. The summed E-state index contributed by atoms with van der Waals surface area (Å²) in [5.41, 5.74) is 0. The third-order valence-corrected chi connectivity index (χ3v) is 2.36. The summed E-state index contributed by atoms with van der Waals surface area (Å²) in [6.07, 6.45) is 2.15. The minimum absolute atomic E-state index is 0.252. The zero-order chi connectivity index (χ0) is 11.7. The van der Waals surface area contributed by atoms with Gasteiger partial charge in [0.25, 0.3) is 5.97 Å². The normalized spacial score (nSPS) is 14.2. The first kappa shape index (κ1) is 14.9. The quantitative estimate of drug-likeness (QED) is 0.556. The minimum atomic E-state index is -0.839. The molecule has 0 fully saturated rings. The molecule has 0 heterocycles. The van der Waals surface area contributed by atoms with Gasteiger partial charge in [0.15, 0.2) is 0 Å². The number of ether oxygens (including phenoxy) is 3. The second kappa shape index (κ2) is 8.08. The lowest BCUT2D eigenvalue weighted by atomic mass is 10.0. The Hall–Kier alpha value is -0.120. The van der Waals surface area contributed by atoms with Crippen LogP contribution in [0.3, 0.4) is 0 Å². The van der Waals surface area contributed by atoms with Crippen LogP contribution in [0.2, 0.25) is 0 Å². The molecule has 0 amide bonds. The van der Waals surface area contributed by atoms with E-state index in [4.69, 9.17) is 14.2 Å². The Balaban J connectivity index is 4.57. The van der Waals surface area contributed by atoms with Crippen LogP contribution in [0.15, 0.2) is 0 Å². The minimum Gasteiger partial charge on any atom is -0.328 e. The molecule has 3 nitrogen and oxygen atoms in total. The van der Waals surface area contributed by atoms with E-state index in [2.05, 4.69) is 13.8 Å². The van der Waals surface area contributed by atoms with Crippen LogP contribution in [0.1, 0.15) is 47.5 Å². The molecule has 0 aliphatic carbocycles. The highest BCUT2D eigenvalue weighted by Crippen LogP contribution is 2.29. The van der Waals surface area contributed by atoms with Crippen molar-refractivity contribution in [1.82, 2.24) is 0 Å². The largest absolute Gasteiger partial charge is 0.328 e. The maximum Gasteiger partial charge on any atom is 0.285 e. The molecule has 0 aromatic rings. The maximum atomic E-state index is 5.68. The molecular weight excluding hydrogens is 192 g/mol. The summed E-state index contributed by atoms with van der Waals surface area (Å²) in [6, 6.07) is 0. The summed E-state index contributed by atoms with van der Waals surface area (Å²) in [7, 11) is 0. The van der Waals surface area contributed by atoms with Crippen molar-refractivity contribution < 1.29 is 14.2 Å². The first-order valence-corrected chi connectivity index (χ1v) is 6.08. The fourth-order valence-electron chi connectivity index (χ4n) is 1.77. The monoisotopic (exact) mass is 218 g/mol. The van der Waals surface area contributed by atoms with Gasteiger partial charge in [0.1, 0.15) is 0 Å². The Bertz CT molecular complexity index is 131. The fourth-order valence-corrected chi connectivity index (χ4v) is 1.77. The van der Waals surface area contributed by atoms with Crippen LogP contribution < -0.4 is 0 Å². The SMILES string of the molecule is CCCC(C)C(OCC)(OCC)OCC. The molecule has 0 bridgehead atoms. The van der Waals surface area contributed by atoms with E-state index in [1.807, 2.05) is 20.8 Å². The molecule has 15 heavy (non-hydrogen) atoms. The Morgan fingerprint density at radius 3 is 1.53 bits per heavy atom. The van der Waals surface area contributed by atoms with Gasteiger partial charge >= 0.3 is 0 Å². The van der Waals surface area contributed by atoms with Crippen molar-refractivity contribution >= 4 is 0 Å². The van der Waals surface area contributed by atoms with Crippen molar-refractivity contribution in [3.63, 3.8) is 0 Å². The molecule has 0 aliphatic heterocycles. The Morgan fingerprint density at radius 1 is 0.867 bits per heavy atom. The molecule has 92 valence electrons. The molecule has 1 unspecified atom stereocenters. The van der Waals surface area contributed by atoms with Crippen LogP contribution in [0.5, 0.6) is 0 Å². The number of hydrogen-bond acceptors (Lipinski definition) is 3. The van der Waals surface area contributed by atoms with E-state index in [-0.39, 0.29) is 5.92 Å². The molecule has 0 saturated carbocycles. The van der Waals surface area contributed by atoms with Gasteiger partial charge in [-0.25, -0.2) is 0 Å². The van der Waals surface area contributed by atoms with Gasteiger partial charge in [-0.1, -0.05) is 20.3 Å². The van der Waals surface area contributed by atoms with E-state index in [0.717, 1.165) is 12.8 Å². The zero-order valence-corrected chi connectivity index (χ0v) is 10.8. The third-order valence-electron chi connectivity index (χ3n) is 2.36. The predicted molar refractivity (Wildman–Crippen MR) is 61.7 cm³/mol. The standard InChI is InChI=1S/C12H26O3/c1-6-10-11(5)12(13-7-2,14-8-3)15-9-4/h11H,6-10H2,1-5H3. The van der Waals surface area contributed by atoms with Crippen LogP contribution in [0.25, 0.3) is 0 Å². The number of rotatable bonds is 9. The second-order valence-electron chi connectivity index (χ2n) is 3.59. The van der Waals surface area contributed by atoms with Crippen molar-refractivity contribution in [2.45, 2.75) is 53.4 Å². The van der Waals surface area contributed by atoms with Crippen LogP contribution in [-0.2, 0) is 14.2 Å². The lowest BCUT2D eigenvalue weighted by Crippen LogP contribution is -2.45. The Labute approximate surface area is 94.1 Å². The lowest BCUT2D eigenvalue weighted by Gasteiger charge is -2.37. The molecule has 0 aromatic carbocycles. The van der Waals surface area contributed by atoms with Crippen LogP contribution in [0.4, 0.5) is 0 Å². The second-order valence-corrected chi connectivity index (χ2v) is 3.59. The molecule has 0 aliphatic rings. The highest BCUT2D eigenvalue weighted by molar-refractivity contribution is 4.67. The van der Waals surface area contributed by atoms with Crippen molar-refractivity contribution in [2.75, 3.05) is 19.8 Å². The zero-order valence-electron chi connectivity index (χ0n) is 10.8. The van der Waals surface area contributed by atoms with Crippen LogP contribution in [0, 0.1) is 5.92 Å². The molecule has 3 heteroatoms. The van der Waals surface area contributed by atoms with Gasteiger partial charge in [-0.15, -0.1) is 0 Å². The van der Waals surface area contributed by atoms with E-state index >= 15 is 0 Å². The lowest BCUT2D eigenvalue weighted by molar-refractivity contribution is -0.400. The molecule has 0 saturated heterocycles.